The lowest BCUT2D eigenvalue weighted by atomic mass is 10.2. The lowest BCUT2D eigenvalue weighted by molar-refractivity contribution is -0.111. The molecule has 120 valence electrons. The molecule has 1 amide bonds. The van der Waals surface area contributed by atoms with E-state index in [1.54, 1.807) is 57.6 Å². The van der Waals surface area contributed by atoms with Crippen molar-refractivity contribution in [3.63, 3.8) is 0 Å². The molecule has 2 aromatic carbocycles. The second kappa shape index (κ2) is 7.45. The van der Waals surface area contributed by atoms with E-state index in [0.29, 0.717) is 22.7 Å². The molecule has 0 aliphatic carbocycles. The van der Waals surface area contributed by atoms with Gasteiger partial charge >= 0.3 is 0 Å². The highest BCUT2D eigenvalue weighted by molar-refractivity contribution is 6.01. The summed E-state index contributed by atoms with van der Waals surface area (Å²) in [5, 5.41) is 2.61. The van der Waals surface area contributed by atoms with Gasteiger partial charge < -0.3 is 14.8 Å². The summed E-state index contributed by atoms with van der Waals surface area (Å²) in [6.07, 6.45) is 3.00. The minimum absolute atomic E-state index is 0.352. The third-order valence-electron chi connectivity index (χ3n) is 3.24. The molecule has 0 bridgehead atoms. The average molecular weight is 315 g/mol. The van der Waals surface area contributed by atoms with Gasteiger partial charge in [0.15, 0.2) is 0 Å². The number of carbonyl (C=O) groups is 1. The molecular weight excluding hydrogens is 297 g/mol. The Hall–Kier alpha value is -2.82. The number of nitrogens with one attached hydrogen (secondary N) is 1. The zero-order valence-electron chi connectivity index (χ0n) is 13.2. The van der Waals surface area contributed by atoms with Crippen molar-refractivity contribution < 1.29 is 18.7 Å². The van der Waals surface area contributed by atoms with Crippen LogP contribution < -0.4 is 14.8 Å². The number of halogens is 1. The van der Waals surface area contributed by atoms with Crippen molar-refractivity contribution in [2.45, 2.75) is 6.92 Å². The first kappa shape index (κ1) is 16.5. The van der Waals surface area contributed by atoms with Crippen LogP contribution in [0.15, 0.2) is 42.5 Å². The van der Waals surface area contributed by atoms with Crippen LogP contribution in [0.3, 0.4) is 0 Å². The lowest BCUT2D eigenvalue weighted by Crippen LogP contribution is -2.08. The van der Waals surface area contributed by atoms with Crippen molar-refractivity contribution >= 4 is 17.7 Å². The first-order valence-electron chi connectivity index (χ1n) is 7.00. The number of aryl methyl sites for hydroxylation is 1. The third kappa shape index (κ3) is 4.57. The normalized spacial score (nSPS) is 10.6. The molecule has 2 aromatic rings. The molecule has 0 saturated heterocycles. The summed E-state index contributed by atoms with van der Waals surface area (Å²) in [6.45, 7) is 1.66. The van der Waals surface area contributed by atoms with Crippen LogP contribution in [0.25, 0.3) is 6.08 Å². The van der Waals surface area contributed by atoms with Gasteiger partial charge in [0.25, 0.3) is 0 Å². The fourth-order valence-corrected chi connectivity index (χ4v) is 1.95. The molecule has 4 nitrogen and oxygen atoms in total. The Morgan fingerprint density at radius 3 is 2.30 bits per heavy atom. The maximum Gasteiger partial charge on any atom is 0.248 e. The maximum atomic E-state index is 13.5. The van der Waals surface area contributed by atoms with Crippen molar-refractivity contribution in [3.8, 4) is 11.5 Å². The van der Waals surface area contributed by atoms with Crippen LogP contribution in [-0.4, -0.2) is 20.1 Å². The van der Waals surface area contributed by atoms with Crippen molar-refractivity contribution in [1.29, 1.82) is 0 Å². The fourth-order valence-electron chi connectivity index (χ4n) is 1.95. The number of carbonyl (C=O) groups excluding carboxylic acids is 1. The molecule has 0 saturated carbocycles. The van der Waals surface area contributed by atoms with E-state index in [-0.39, 0.29) is 11.7 Å². The summed E-state index contributed by atoms with van der Waals surface area (Å²) in [6, 6.07) is 9.85. The van der Waals surface area contributed by atoms with Crippen molar-refractivity contribution in [3.05, 3.63) is 59.4 Å². The van der Waals surface area contributed by atoms with E-state index in [2.05, 4.69) is 5.32 Å². The molecular formula is C18H18FNO3. The molecule has 1 N–H and O–H groups in total. The molecule has 0 atom stereocenters. The van der Waals surface area contributed by atoms with Crippen LogP contribution in [0.5, 0.6) is 11.5 Å². The molecule has 0 aliphatic rings. The number of methoxy groups -OCH3 is 2. The van der Waals surface area contributed by atoms with E-state index in [4.69, 9.17) is 9.47 Å². The fraction of sp³-hybridized carbons (Fsp3) is 0.167. The molecule has 0 aromatic heterocycles. The maximum absolute atomic E-state index is 13.5. The number of amides is 1. The standard InChI is InChI=1S/C18H18FNO3/c1-12-4-6-14(10-17(12)19)20-18(21)7-5-13-8-15(22-2)11-16(9-13)23-3/h4-11H,1-3H3,(H,20,21)/b7-5+. The first-order chi connectivity index (χ1) is 11.0. The van der Waals surface area contributed by atoms with E-state index in [0.717, 1.165) is 5.56 Å². The Labute approximate surface area is 134 Å². The summed E-state index contributed by atoms with van der Waals surface area (Å²) >= 11 is 0. The Kier molecular flexibility index (Phi) is 5.36. The minimum Gasteiger partial charge on any atom is -0.497 e. The van der Waals surface area contributed by atoms with Gasteiger partial charge in [0, 0.05) is 17.8 Å². The summed E-state index contributed by atoms with van der Waals surface area (Å²) in [4.78, 5) is 11.9. The zero-order chi connectivity index (χ0) is 16.8. The van der Waals surface area contributed by atoms with Crippen molar-refractivity contribution in [2.75, 3.05) is 19.5 Å². The molecule has 0 aliphatic heterocycles. The first-order valence-corrected chi connectivity index (χ1v) is 7.00. The third-order valence-corrected chi connectivity index (χ3v) is 3.24. The molecule has 0 spiro atoms. The topological polar surface area (TPSA) is 47.6 Å². The van der Waals surface area contributed by atoms with Gasteiger partial charge in [-0.1, -0.05) is 6.07 Å². The highest BCUT2D eigenvalue weighted by Gasteiger charge is 2.03. The van der Waals surface area contributed by atoms with Crippen molar-refractivity contribution in [2.24, 2.45) is 0 Å². The Bertz CT molecular complexity index is 719. The van der Waals surface area contributed by atoms with Crippen LogP contribution in [-0.2, 0) is 4.79 Å². The van der Waals surface area contributed by atoms with Crippen LogP contribution in [0.2, 0.25) is 0 Å². The molecule has 0 radical (unpaired) electrons. The van der Waals surface area contributed by atoms with Gasteiger partial charge in [0.1, 0.15) is 17.3 Å². The molecule has 0 heterocycles. The summed E-state index contributed by atoms with van der Waals surface area (Å²) in [5.41, 5.74) is 1.69. The van der Waals surface area contributed by atoms with Gasteiger partial charge in [-0.2, -0.15) is 0 Å². The number of benzene rings is 2. The summed E-state index contributed by atoms with van der Waals surface area (Å²) in [5.74, 6) is 0.550. The zero-order valence-corrected chi connectivity index (χ0v) is 13.2. The number of hydrogen-bond acceptors (Lipinski definition) is 3. The molecule has 0 unspecified atom stereocenters. The second-order valence-electron chi connectivity index (χ2n) is 4.93. The largest absolute Gasteiger partial charge is 0.497 e. The van der Waals surface area contributed by atoms with E-state index in [1.165, 1.54) is 12.1 Å². The number of rotatable bonds is 5. The van der Waals surface area contributed by atoms with E-state index in [9.17, 15) is 9.18 Å². The smallest absolute Gasteiger partial charge is 0.248 e. The van der Waals surface area contributed by atoms with Crippen LogP contribution in [0.4, 0.5) is 10.1 Å². The Morgan fingerprint density at radius 2 is 1.74 bits per heavy atom. The van der Waals surface area contributed by atoms with Crippen LogP contribution >= 0.6 is 0 Å². The Morgan fingerprint density at radius 1 is 1.09 bits per heavy atom. The van der Waals surface area contributed by atoms with E-state index >= 15 is 0 Å². The monoisotopic (exact) mass is 315 g/mol. The highest BCUT2D eigenvalue weighted by Crippen LogP contribution is 2.23. The quantitative estimate of drug-likeness (QED) is 0.854. The molecule has 0 fully saturated rings. The molecule has 23 heavy (non-hydrogen) atoms. The van der Waals surface area contributed by atoms with Crippen molar-refractivity contribution in [1.82, 2.24) is 0 Å². The minimum atomic E-state index is -0.357. The number of anilines is 1. The summed E-state index contributed by atoms with van der Waals surface area (Å²) in [7, 11) is 3.11. The molecule has 2 rings (SSSR count). The van der Waals surface area contributed by atoms with E-state index in [1.807, 2.05) is 0 Å². The predicted octanol–water partition coefficient (Wildman–Crippen LogP) is 3.80. The predicted molar refractivity (Wildman–Crippen MR) is 88.3 cm³/mol. The lowest BCUT2D eigenvalue weighted by Gasteiger charge is -2.06. The van der Waals surface area contributed by atoms with Gasteiger partial charge in [-0.3, -0.25) is 4.79 Å². The summed E-state index contributed by atoms with van der Waals surface area (Å²) < 4.78 is 23.8. The van der Waals surface area contributed by atoms with Gasteiger partial charge in [-0.15, -0.1) is 0 Å². The van der Waals surface area contributed by atoms with Gasteiger partial charge in [-0.25, -0.2) is 4.39 Å². The van der Waals surface area contributed by atoms with Gasteiger partial charge in [0.05, 0.1) is 14.2 Å². The van der Waals surface area contributed by atoms with Crippen LogP contribution in [0, 0.1) is 12.7 Å². The average Bonchev–Trinajstić information content (AvgIpc) is 2.56. The Balaban J connectivity index is 2.10. The number of ether oxygens (including phenoxy) is 2. The van der Waals surface area contributed by atoms with Gasteiger partial charge in [0.2, 0.25) is 5.91 Å². The second-order valence-corrected chi connectivity index (χ2v) is 4.93. The number of hydrogen-bond donors (Lipinski definition) is 1. The van der Waals surface area contributed by atoms with Crippen LogP contribution in [0.1, 0.15) is 11.1 Å². The SMILES string of the molecule is COc1cc(/C=C/C(=O)Nc2ccc(C)c(F)c2)cc(OC)c1. The molecule has 5 heteroatoms. The van der Waals surface area contributed by atoms with Gasteiger partial charge in [-0.05, 0) is 48.4 Å². The highest BCUT2D eigenvalue weighted by atomic mass is 19.1. The van der Waals surface area contributed by atoms with E-state index < -0.39 is 0 Å².